The molecule has 0 heterocycles. The van der Waals surface area contributed by atoms with Gasteiger partial charge in [0.05, 0.1) is 0 Å². The summed E-state index contributed by atoms with van der Waals surface area (Å²) < 4.78 is 5.02. The Morgan fingerprint density at radius 1 is 1.47 bits per heavy atom. The molecule has 15 heavy (non-hydrogen) atoms. The van der Waals surface area contributed by atoms with Crippen molar-refractivity contribution in [2.45, 2.75) is 19.6 Å². The van der Waals surface area contributed by atoms with Crippen LogP contribution in [0, 0.1) is 0 Å². The number of nitrogens with one attached hydrogen (secondary N) is 1. The minimum atomic E-state index is -0.402. The highest BCUT2D eigenvalue weighted by molar-refractivity contribution is 7.80. The summed E-state index contributed by atoms with van der Waals surface area (Å²) in [4.78, 5) is 11.2. The molecule has 1 amide bonds. The maximum Gasteiger partial charge on any atom is 0.407 e. The van der Waals surface area contributed by atoms with Crippen molar-refractivity contribution in [1.82, 2.24) is 5.32 Å². The van der Waals surface area contributed by atoms with Crippen molar-refractivity contribution in [3.8, 4) is 0 Å². The van der Waals surface area contributed by atoms with Gasteiger partial charge < -0.3 is 10.1 Å². The highest BCUT2D eigenvalue weighted by Crippen LogP contribution is 2.00. The fourth-order valence-electron chi connectivity index (χ4n) is 1.01. The fraction of sp³-hybridized carbons (Fsp3) is 0.364. The topological polar surface area (TPSA) is 38.3 Å². The molecule has 0 aliphatic heterocycles. The van der Waals surface area contributed by atoms with Crippen molar-refractivity contribution >= 4 is 18.7 Å². The van der Waals surface area contributed by atoms with Crippen LogP contribution in [-0.2, 0) is 11.3 Å². The molecule has 0 aliphatic carbocycles. The lowest BCUT2D eigenvalue weighted by molar-refractivity contribution is 0.137. The number of carbonyl (C=O) groups is 1. The predicted molar refractivity (Wildman–Crippen MR) is 63.1 cm³/mol. The van der Waals surface area contributed by atoms with Crippen LogP contribution in [0.5, 0.6) is 0 Å². The first kappa shape index (κ1) is 11.9. The van der Waals surface area contributed by atoms with Gasteiger partial charge in [-0.25, -0.2) is 4.79 Å². The van der Waals surface area contributed by atoms with E-state index in [1.54, 1.807) is 0 Å². The van der Waals surface area contributed by atoms with Crippen molar-refractivity contribution < 1.29 is 9.53 Å². The molecule has 1 aromatic rings. The summed E-state index contributed by atoms with van der Waals surface area (Å²) in [5.41, 5.74) is 0.978. The second-order valence-corrected chi connectivity index (χ2v) is 3.65. The molecular formula is C11H15NO2S. The van der Waals surface area contributed by atoms with Crippen LogP contribution in [-0.4, -0.2) is 17.9 Å². The SMILES string of the molecule is C[C@@H](CS)NC(=O)OCc1ccccc1. The molecule has 0 unspecified atom stereocenters. The lowest BCUT2D eigenvalue weighted by Crippen LogP contribution is -2.34. The van der Waals surface area contributed by atoms with Crippen LogP contribution in [0.25, 0.3) is 0 Å². The Hall–Kier alpha value is -1.16. The third-order valence-corrected chi connectivity index (χ3v) is 2.40. The zero-order valence-corrected chi connectivity index (χ0v) is 9.54. The van der Waals surface area contributed by atoms with E-state index >= 15 is 0 Å². The maximum atomic E-state index is 11.2. The number of amides is 1. The molecule has 0 saturated carbocycles. The van der Waals surface area contributed by atoms with Crippen LogP contribution in [0.4, 0.5) is 4.79 Å². The van der Waals surface area contributed by atoms with E-state index < -0.39 is 6.09 Å². The highest BCUT2D eigenvalue weighted by Gasteiger charge is 2.05. The second kappa shape index (κ2) is 6.35. The lowest BCUT2D eigenvalue weighted by Gasteiger charge is -2.11. The van der Waals surface area contributed by atoms with E-state index in [4.69, 9.17) is 4.74 Å². The zero-order valence-electron chi connectivity index (χ0n) is 8.64. The quantitative estimate of drug-likeness (QED) is 0.771. The molecule has 3 nitrogen and oxygen atoms in total. The number of benzene rings is 1. The van der Waals surface area contributed by atoms with Crippen molar-refractivity contribution in [2.75, 3.05) is 5.75 Å². The zero-order chi connectivity index (χ0) is 11.1. The smallest absolute Gasteiger partial charge is 0.407 e. The number of rotatable bonds is 4. The Balaban J connectivity index is 2.29. The Kier molecular flexibility index (Phi) is 5.04. The molecule has 0 bridgehead atoms. The molecule has 1 aromatic carbocycles. The molecule has 1 atom stereocenters. The molecule has 0 saturated heterocycles. The van der Waals surface area contributed by atoms with Gasteiger partial charge in [-0.05, 0) is 12.5 Å². The lowest BCUT2D eigenvalue weighted by atomic mass is 10.2. The third kappa shape index (κ3) is 4.74. The van der Waals surface area contributed by atoms with E-state index in [1.807, 2.05) is 37.3 Å². The van der Waals surface area contributed by atoms with Crippen molar-refractivity contribution in [3.05, 3.63) is 35.9 Å². The summed E-state index contributed by atoms with van der Waals surface area (Å²) in [6.07, 6.45) is -0.402. The van der Waals surface area contributed by atoms with Crippen molar-refractivity contribution in [1.29, 1.82) is 0 Å². The summed E-state index contributed by atoms with van der Waals surface area (Å²) in [7, 11) is 0. The van der Waals surface area contributed by atoms with Gasteiger partial charge in [0.1, 0.15) is 6.61 Å². The largest absolute Gasteiger partial charge is 0.445 e. The molecule has 1 N–H and O–H groups in total. The highest BCUT2D eigenvalue weighted by atomic mass is 32.1. The minimum Gasteiger partial charge on any atom is -0.445 e. The van der Waals surface area contributed by atoms with Crippen molar-refractivity contribution in [2.24, 2.45) is 0 Å². The molecular weight excluding hydrogens is 210 g/mol. The van der Waals surface area contributed by atoms with E-state index in [2.05, 4.69) is 17.9 Å². The van der Waals surface area contributed by atoms with Gasteiger partial charge in [0.25, 0.3) is 0 Å². The van der Waals surface area contributed by atoms with Crippen molar-refractivity contribution in [3.63, 3.8) is 0 Å². The molecule has 1 rings (SSSR count). The Labute approximate surface area is 95.2 Å². The minimum absolute atomic E-state index is 0.0246. The number of carbonyl (C=O) groups excluding carboxylic acids is 1. The summed E-state index contributed by atoms with van der Waals surface area (Å²) in [5.74, 6) is 0.598. The Morgan fingerprint density at radius 3 is 2.73 bits per heavy atom. The van der Waals surface area contributed by atoms with Gasteiger partial charge in [-0.1, -0.05) is 30.3 Å². The molecule has 0 radical (unpaired) electrons. The summed E-state index contributed by atoms with van der Waals surface area (Å²) in [5, 5.41) is 2.66. The molecule has 0 aromatic heterocycles. The van der Waals surface area contributed by atoms with E-state index in [9.17, 15) is 4.79 Å². The van der Waals surface area contributed by atoms with Crippen LogP contribution in [0.1, 0.15) is 12.5 Å². The average molecular weight is 225 g/mol. The first-order valence-corrected chi connectivity index (χ1v) is 5.43. The molecule has 0 fully saturated rings. The Bertz CT molecular complexity index is 303. The van der Waals surface area contributed by atoms with Crippen LogP contribution < -0.4 is 5.32 Å². The first-order chi connectivity index (χ1) is 7.22. The average Bonchev–Trinajstić information content (AvgIpc) is 2.27. The van der Waals surface area contributed by atoms with Gasteiger partial charge in [0.2, 0.25) is 0 Å². The number of hydrogen-bond donors (Lipinski definition) is 2. The van der Waals surface area contributed by atoms with Gasteiger partial charge in [-0.15, -0.1) is 0 Å². The van der Waals surface area contributed by atoms with Gasteiger partial charge in [0.15, 0.2) is 0 Å². The van der Waals surface area contributed by atoms with E-state index in [1.165, 1.54) is 0 Å². The van der Waals surface area contributed by atoms with E-state index in [0.717, 1.165) is 5.56 Å². The van der Waals surface area contributed by atoms with Gasteiger partial charge in [-0.3, -0.25) is 0 Å². The first-order valence-electron chi connectivity index (χ1n) is 4.80. The molecule has 4 heteroatoms. The number of hydrogen-bond acceptors (Lipinski definition) is 3. The van der Waals surface area contributed by atoms with Crippen LogP contribution in [0.2, 0.25) is 0 Å². The second-order valence-electron chi connectivity index (χ2n) is 3.29. The summed E-state index contributed by atoms with van der Waals surface area (Å²) in [6.45, 7) is 2.17. The van der Waals surface area contributed by atoms with E-state index in [0.29, 0.717) is 12.4 Å². The summed E-state index contributed by atoms with van der Waals surface area (Å²) >= 11 is 4.06. The third-order valence-electron chi connectivity index (χ3n) is 1.85. The maximum absolute atomic E-state index is 11.2. The number of ether oxygens (including phenoxy) is 1. The van der Waals surface area contributed by atoms with E-state index in [-0.39, 0.29) is 6.04 Å². The molecule has 82 valence electrons. The Morgan fingerprint density at radius 2 is 2.13 bits per heavy atom. The number of thiol groups is 1. The molecule has 0 aliphatic rings. The monoisotopic (exact) mass is 225 g/mol. The van der Waals surface area contributed by atoms with Gasteiger partial charge in [0, 0.05) is 11.8 Å². The fourth-order valence-corrected chi connectivity index (χ4v) is 1.10. The van der Waals surface area contributed by atoms with Crippen LogP contribution in [0.3, 0.4) is 0 Å². The van der Waals surface area contributed by atoms with Gasteiger partial charge in [-0.2, -0.15) is 12.6 Å². The normalized spacial score (nSPS) is 11.9. The van der Waals surface area contributed by atoms with Crippen LogP contribution in [0.15, 0.2) is 30.3 Å². The predicted octanol–water partition coefficient (Wildman–Crippen LogP) is 2.23. The van der Waals surface area contributed by atoms with Gasteiger partial charge >= 0.3 is 6.09 Å². The number of alkyl carbamates (subject to hydrolysis) is 1. The summed E-state index contributed by atoms with van der Waals surface area (Å²) in [6, 6.07) is 9.59. The van der Waals surface area contributed by atoms with Crippen LogP contribution >= 0.6 is 12.6 Å². The molecule has 0 spiro atoms. The standard InChI is InChI=1S/C11H15NO2S/c1-9(8-15)12-11(13)14-7-10-5-3-2-4-6-10/h2-6,9,15H,7-8H2,1H3,(H,12,13)/t9-/m0/s1.